The molecule has 0 spiro atoms. The highest BCUT2D eigenvalue weighted by Gasteiger charge is 2.27. The summed E-state index contributed by atoms with van der Waals surface area (Å²) in [7, 11) is 4.12. The van der Waals surface area contributed by atoms with Crippen molar-refractivity contribution in [2.45, 2.75) is 12.5 Å². The number of hydrogen-bond acceptors (Lipinski definition) is 4. The molecule has 3 nitrogen and oxygen atoms in total. The number of thiazole rings is 1. The van der Waals surface area contributed by atoms with Crippen LogP contribution in [0.15, 0.2) is 6.20 Å². The van der Waals surface area contributed by atoms with Gasteiger partial charge in [0.15, 0.2) is 0 Å². The van der Waals surface area contributed by atoms with Gasteiger partial charge in [-0.2, -0.15) is 0 Å². The Morgan fingerprint density at radius 2 is 2.46 bits per heavy atom. The van der Waals surface area contributed by atoms with E-state index in [9.17, 15) is 0 Å². The molecule has 1 aliphatic heterocycles. The van der Waals surface area contributed by atoms with Crippen LogP contribution < -0.4 is 5.32 Å². The summed E-state index contributed by atoms with van der Waals surface area (Å²) in [6.07, 6.45) is 1.99. The number of aromatic nitrogens is 1. The topological polar surface area (TPSA) is 28.2 Å². The summed E-state index contributed by atoms with van der Waals surface area (Å²) in [6, 6.07) is 0. The van der Waals surface area contributed by atoms with E-state index in [2.05, 4.69) is 22.2 Å². The Morgan fingerprint density at radius 3 is 3.08 bits per heavy atom. The molecule has 0 bridgehead atoms. The molecule has 2 heterocycles. The first-order valence-corrected chi connectivity index (χ1v) is 5.39. The normalized spacial score (nSPS) is 18.9. The van der Waals surface area contributed by atoms with E-state index in [0.29, 0.717) is 5.92 Å². The lowest BCUT2D eigenvalue weighted by Crippen LogP contribution is -2.41. The first-order chi connectivity index (χ1) is 6.29. The first kappa shape index (κ1) is 9.12. The maximum Gasteiger partial charge on any atom is 0.0984 e. The molecule has 4 heteroatoms. The quantitative estimate of drug-likeness (QED) is 0.780. The predicted octanol–water partition coefficient (Wildman–Crippen LogP) is 0.891. The summed E-state index contributed by atoms with van der Waals surface area (Å²) in [6.45, 7) is 3.29. The van der Waals surface area contributed by atoms with Crippen molar-refractivity contribution in [3.8, 4) is 0 Å². The van der Waals surface area contributed by atoms with Gasteiger partial charge in [0.25, 0.3) is 0 Å². The summed E-state index contributed by atoms with van der Waals surface area (Å²) < 4.78 is 0. The molecule has 1 N–H and O–H groups in total. The first-order valence-electron chi connectivity index (χ1n) is 4.57. The fourth-order valence-corrected chi connectivity index (χ4v) is 2.63. The SMILES string of the molecule is CNCc1cnc(C2CN(C)C2)s1. The predicted molar refractivity (Wildman–Crippen MR) is 55.1 cm³/mol. The Hall–Kier alpha value is -0.450. The van der Waals surface area contributed by atoms with E-state index < -0.39 is 0 Å². The summed E-state index contributed by atoms with van der Waals surface area (Å²) in [4.78, 5) is 8.11. The Labute approximate surface area is 82.8 Å². The molecule has 1 saturated heterocycles. The number of nitrogens with one attached hydrogen (secondary N) is 1. The molecule has 1 aromatic heterocycles. The van der Waals surface area contributed by atoms with E-state index in [1.54, 1.807) is 0 Å². The summed E-state index contributed by atoms with van der Waals surface area (Å²) in [5.41, 5.74) is 0. The molecule has 1 aliphatic rings. The van der Waals surface area contributed by atoms with E-state index in [4.69, 9.17) is 0 Å². The second-order valence-corrected chi connectivity index (χ2v) is 4.76. The molecular formula is C9H15N3S. The van der Waals surface area contributed by atoms with Crippen LogP contribution in [0, 0.1) is 0 Å². The highest BCUT2D eigenvalue weighted by Crippen LogP contribution is 2.28. The van der Waals surface area contributed by atoms with E-state index >= 15 is 0 Å². The average Bonchev–Trinajstić information content (AvgIpc) is 2.48. The third-order valence-electron chi connectivity index (χ3n) is 2.34. The second-order valence-electron chi connectivity index (χ2n) is 3.61. The molecule has 0 radical (unpaired) electrons. The minimum Gasteiger partial charge on any atom is -0.315 e. The summed E-state index contributed by atoms with van der Waals surface area (Å²) in [5, 5.41) is 4.45. The molecular weight excluding hydrogens is 182 g/mol. The van der Waals surface area contributed by atoms with Gasteiger partial charge in [-0.05, 0) is 14.1 Å². The van der Waals surface area contributed by atoms with Crippen molar-refractivity contribution in [2.24, 2.45) is 0 Å². The van der Waals surface area contributed by atoms with Crippen molar-refractivity contribution >= 4 is 11.3 Å². The molecule has 1 aromatic rings. The van der Waals surface area contributed by atoms with Gasteiger partial charge in [0.1, 0.15) is 0 Å². The fraction of sp³-hybridized carbons (Fsp3) is 0.667. The van der Waals surface area contributed by atoms with Gasteiger partial charge in [0.05, 0.1) is 5.01 Å². The molecule has 0 atom stereocenters. The van der Waals surface area contributed by atoms with E-state index in [0.717, 1.165) is 6.54 Å². The van der Waals surface area contributed by atoms with Crippen LogP contribution >= 0.6 is 11.3 Å². The van der Waals surface area contributed by atoms with Gasteiger partial charge < -0.3 is 10.2 Å². The van der Waals surface area contributed by atoms with E-state index in [1.807, 2.05) is 24.6 Å². The molecule has 1 fully saturated rings. The molecule has 2 rings (SSSR count). The highest BCUT2D eigenvalue weighted by atomic mass is 32.1. The molecule has 0 saturated carbocycles. The fourth-order valence-electron chi connectivity index (χ4n) is 1.62. The van der Waals surface area contributed by atoms with Crippen molar-refractivity contribution < 1.29 is 0 Å². The highest BCUT2D eigenvalue weighted by molar-refractivity contribution is 7.11. The summed E-state index contributed by atoms with van der Waals surface area (Å²) >= 11 is 1.84. The van der Waals surface area contributed by atoms with Crippen LogP contribution in [0.25, 0.3) is 0 Å². The lowest BCUT2D eigenvalue weighted by atomic mass is 10.0. The molecule has 0 aromatic carbocycles. The Kier molecular flexibility index (Phi) is 2.62. The van der Waals surface area contributed by atoms with E-state index in [-0.39, 0.29) is 0 Å². The Bertz CT molecular complexity index is 278. The van der Waals surface area contributed by atoms with Gasteiger partial charge in [-0.25, -0.2) is 4.98 Å². The standard InChI is InChI=1S/C9H15N3S/c1-10-3-8-4-11-9(13-8)7-5-12(2)6-7/h4,7,10H,3,5-6H2,1-2H3. The van der Waals surface area contributed by atoms with E-state index in [1.165, 1.54) is 23.0 Å². The van der Waals surface area contributed by atoms with Crippen LogP contribution in [0.2, 0.25) is 0 Å². The zero-order valence-electron chi connectivity index (χ0n) is 8.08. The Morgan fingerprint density at radius 1 is 1.69 bits per heavy atom. The van der Waals surface area contributed by atoms with Gasteiger partial charge in [0, 0.05) is 36.6 Å². The lowest BCUT2D eigenvalue weighted by Gasteiger charge is -2.34. The van der Waals surface area contributed by atoms with Gasteiger partial charge in [-0.3, -0.25) is 0 Å². The van der Waals surface area contributed by atoms with Crippen LogP contribution in [-0.4, -0.2) is 37.1 Å². The number of likely N-dealkylation sites (N-methyl/N-ethyl adjacent to an activating group) is 1. The molecule has 0 unspecified atom stereocenters. The van der Waals surface area contributed by atoms with Crippen LogP contribution in [0.1, 0.15) is 15.8 Å². The number of nitrogens with zero attached hydrogens (tertiary/aromatic N) is 2. The van der Waals surface area contributed by atoms with Crippen LogP contribution in [0.4, 0.5) is 0 Å². The van der Waals surface area contributed by atoms with Crippen molar-refractivity contribution in [3.05, 3.63) is 16.1 Å². The molecule has 72 valence electrons. The van der Waals surface area contributed by atoms with Crippen molar-refractivity contribution in [3.63, 3.8) is 0 Å². The minimum absolute atomic E-state index is 0.695. The largest absolute Gasteiger partial charge is 0.315 e. The maximum absolute atomic E-state index is 4.44. The third kappa shape index (κ3) is 1.90. The van der Waals surface area contributed by atoms with Crippen molar-refractivity contribution in [1.29, 1.82) is 0 Å². The Balaban J connectivity index is 1.97. The van der Waals surface area contributed by atoms with Gasteiger partial charge in [-0.1, -0.05) is 0 Å². The monoisotopic (exact) mass is 197 g/mol. The minimum atomic E-state index is 0.695. The maximum atomic E-state index is 4.44. The van der Waals surface area contributed by atoms with Crippen molar-refractivity contribution in [2.75, 3.05) is 27.2 Å². The van der Waals surface area contributed by atoms with Crippen LogP contribution in [0.5, 0.6) is 0 Å². The van der Waals surface area contributed by atoms with Crippen LogP contribution in [-0.2, 0) is 6.54 Å². The van der Waals surface area contributed by atoms with Crippen LogP contribution in [0.3, 0.4) is 0 Å². The zero-order chi connectivity index (χ0) is 9.26. The number of rotatable bonds is 3. The molecule has 13 heavy (non-hydrogen) atoms. The molecule has 0 aliphatic carbocycles. The number of likely N-dealkylation sites (tertiary alicyclic amines) is 1. The zero-order valence-corrected chi connectivity index (χ0v) is 8.90. The van der Waals surface area contributed by atoms with Gasteiger partial charge in [-0.15, -0.1) is 11.3 Å². The third-order valence-corrected chi connectivity index (χ3v) is 3.50. The van der Waals surface area contributed by atoms with Gasteiger partial charge >= 0.3 is 0 Å². The second kappa shape index (κ2) is 3.74. The molecule has 0 amide bonds. The lowest BCUT2D eigenvalue weighted by molar-refractivity contribution is 0.189. The smallest absolute Gasteiger partial charge is 0.0984 e. The summed E-state index contributed by atoms with van der Waals surface area (Å²) in [5.74, 6) is 0.695. The average molecular weight is 197 g/mol. The van der Waals surface area contributed by atoms with Gasteiger partial charge in [0.2, 0.25) is 0 Å². The number of hydrogen-bond donors (Lipinski definition) is 1. The van der Waals surface area contributed by atoms with Crippen molar-refractivity contribution in [1.82, 2.24) is 15.2 Å².